The number of benzene rings is 1. The van der Waals surface area contributed by atoms with Gasteiger partial charge in [0.05, 0.1) is 22.4 Å². The molecule has 1 aromatic carbocycles. The van der Waals surface area contributed by atoms with Gasteiger partial charge in [0, 0.05) is 0 Å². The molecule has 0 spiro atoms. The summed E-state index contributed by atoms with van der Waals surface area (Å²) >= 11 is 4.81. The molecule has 0 aliphatic carbocycles. The average Bonchev–Trinajstić information content (AvgIpc) is 2.72. The zero-order valence-electron chi connectivity index (χ0n) is 8.36. The first kappa shape index (κ1) is 10.7. The Balaban J connectivity index is 2.26. The standard InChI is InChI=1S/C10H10N4OS/c11-14-9(16)5-8(15)10-12-6-3-1-2-4-7(6)13-10/h1-4H,5,11H2,(H,12,13)(H,14,16). The predicted molar refractivity (Wildman–Crippen MR) is 65.0 cm³/mol. The van der Waals surface area contributed by atoms with Crippen molar-refractivity contribution in [3.63, 3.8) is 0 Å². The summed E-state index contributed by atoms with van der Waals surface area (Å²) in [6.07, 6.45) is 0.0612. The second-order valence-electron chi connectivity index (χ2n) is 3.27. The number of aromatic amines is 1. The van der Waals surface area contributed by atoms with Crippen LogP contribution in [0.15, 0.2) is 24.3 Å². The number of carbonyl (C=O) groups excluding carboxylic acids is 1. The topological polar surface area (TPSA) is 83.8 Å². The number of Topliss-reactive ketones (excluding diaryl/α,β-unsaturated/α-hetero) is 1. The molecule has 0 saturated heterocycles. The molecule has 0 aliphatic heterocycles. The van der Waals surface area contributed by atoms with E-state index in [9.17, 15) is 4.79 Å². The molecule has 1 aromatic heterocycles. The van der Waals surface area contributed by atoms with E-state index in [1.165, 1.54) is 0 Å². The summed E-state index contributed by atoms with van der Waals surface area (Å²) in [5.74, 6) is 5.22. The fraction of sp³-hybridized carbons (Fsp3) is 0.100. The molecule has 0 aliphatic rings. The number of hydrazine groups is 1. The number of imidazole rings is 1. The van der Waals surface area contributed by atoms with E-state index in [1.54, 1.807) is 0 Å². The largest absolute Gasteiger partial charge is 0.335 e. The van der Waals surface area contributed by atoms with Crippen LogP contribution in [0.4, 0.5) is 0 Å². The molecule has 0 saturated carbocycles. The quantitative estimate of drug-likeness (QED) is 0.318. The maximum Gasteiger partial charge on any atom is 0.204 e. The summed E-state index contributed by atoms with van der Waals surface area (Å²) in [7, 11) is 0. The summed E-state index contributed by atoms with van der Waals surface area (Å²) in [5.41, 5.74) is 3.86. The van der Waals surface area contributed by atoms with Crippen molar-refractivity contribution in [1.82, 2.24) is 15.4 Å². The van der Waals surface area contributed by atoms with E-state index in [1.807, 2.05) is 24.3 Å². The number of rotatable bonds is 3. The zero-order chi connectivity index (χ0) is 11.5. The van der Waals surface area contributed by atoms with Gasteiger partial charge >= 0.3 is 0 Å². The third-order valence-electron chi connectivity index (χ3n) is 2.14. The van der Waals surface area contributed by atoms with Crippen molar-refractivity contribution in [2.24, 2.45) is 5.84 Å². The predicted octanol–water partition coefficient (Wildman–Crippen LogP) is 0.926. The molecule has 0 amide bonds. The lowest BCUT2D eigenvalue weighted by Gasteiger charge is -1.98. The third kappa shape index (κ3) is 2.07. The number of carbonyl (C=O) groups is 1. The minimum Gasteiger partial charge on any atom is -0.335 e. The number of nitrogens with two attached hydrogens (primary N) is 1. The molecule has 5 nitrogen and oxygen atoms in total. The number of hydrogen-bond acceptors (Lipinski definition) is 4. The molecule has 0 radical (unpaired) electrons. The lowest BCUT2D eigenvalue weighted by atomic mass is 10.3. The highest BCUT2D eigenvalue weighted by molar-refractivity contribution is 7.80. The summed E-state index contributed by atoms with van der Waals surface area (Å²) in [4.78, 5) is 19.1. The summed E-state index contributed by atoms with van der Waals surface area (Å²) in [6.45, 7) is 0. The van der Waals surface area contributed by atoms with Gasteiger partial charge in [-0.2, -0.15) is 0 Å². The average molecular weight is 234 g/mol. The Morgan fingerprint density at radius 1 is 1.50 bits per heavy atom. The van der Waals surface area contributed by atoms with E-state index < -0.39 is 0 Å². The highest BCUT2D eigenvalue weighted by Gasteiger charge is 2.12. The van der Waals surface area contributed by atoms with Gasteiger partial charge in [0.15, 0.2) is 5.82 Å². The number of nitrogens with zero attached hydrogens (tertiary/aromatic N) is 1. The van der Waals surface area contributed by atoms with E-state index in [0.29, 0.717) is 10.8 Å². The van der Waals surface area contributed by atoms with Gasteiger partial charge in [-0.1, -0.05) is 24.4 Å². The molecule has 0 unspecified atom stereocenters. The first-order valence-corrected chi connectivity index (χ1v) is 5.09. The third-order valence-corrected chi connectivity index (χ3v) is 2.40. The molecule has 2 aromatic rings. The van der Waals surface area contributed by atoms with Crippen LogP contribution in [0.1, 0.15) is 17.0 Å². The van der Waals surface area contributed by atoms with E-state index in [0.717, 1.165) is 11.0 Å². The number of hydrogen-bond donors (Lipinski definition) is 3. The zero-order valence-corrected chi connectivity index (χ0v) is 9.17. The normalized spacial score (nSPS) is 10.3. The molecule has 16 heavy (non-hydrogen) atoms. The Morgan fingerprint density at radius 2 is 2.25 bits per heavy atom. The van der Waals surface area contributed by atoms with Crippen LogP contribution in [0.5, 0.6) is 0 Å². The SMILES string of the molecule is NNC(=S)CC(=O)c1nc2ccccc2[nH]1. The fourth-order valence-corrected chi connectivity index (χ4v) is 1.50. The molecule has 6 heteroatoms. The Morgan fingerprint density at radius 3 is 2.94 bits per heavy atom. The molecule has 82 valence electrons. The van der Waals surface area contributed by atoms with Crippen LogP contribution < -0.4 is 11.3 Å². The van der Waals surface area contributed by atoms with Gasteiger partial charge in [-0.25, -0.2) is 4.98 Å². The lowest BCUT2D eigenvalue weighted by Crippen LogP contribution is -2.30. The van der Waals surface area contributed by atoms with Crippen molar-refractivity contribution < 1.29 is 4.79 Å². The summed E-state index contributed by atoms with van der Waals surface area (Å²) < 4.78 is 0. The van der Waals surface area contributed by atoms with Gasteiger partial charge in [-0.15, -0.1) is 0 Å². The summed E-state index contributed by atoms with van der Waals surface area (Å²) in [6, 6.07) is 7.44. The Hall–Kier alpha value is -1.79. The second kappa shape index (κ2) is 4.38. The summed E-state index contributed by atoms with van der Waals surface area (Å²) in [5, 5.41) is 0. The van der Waals surface area contributed by atoms with Crippen molar-refractivity contribution in [3.05, 3.63) is 30.1 Å². The van der Waals surface area contributed by atoms with Gasteiger partial charge in [-0.05, 0) is 12.1 Å². The molecule has 1 heterocycles. The minimum absolute atomic E-state index is 0.0612. The van der Waals surface area contributed by atoms with Crippen LogP contribution in [0, 0.1) is 0 Å². The van der Waals surface area contributed by atoms with Crippen LogP contribution in [-0.4, -0.2) is 20.7 Å². The Labute approximate surface area is 97.0 Å². The van der Waals surface area contributed by atoms with Crippen molar-refractivity contribution in [1.29, 1.82) is 0 Å². The number of ketones is 1. The molecule has 0 bridgehead atoms. The second-order valence-corrected chi connectivity index (χ2v) is 3.76. The van der Waals surface area contributed by atoms with E-state index in [-0.39, 0.29) is 12.2 Å². The van der Waals surface area contributed by atoms with Crippen LogP contribution in [0.3, 0.4) is 0 Å². The molecule has 4 N–H and O–H groups in total. The van der Waals surface area contributed by atoms with Crippen molar-refractivity contribution in [2.75, 3.05) is 0 Å². The number of para-hydroxylation sites is 2. The highest BCUT2D eigenvalue weighted by atomic mass is 32.1. The molecule has 2 rings (SSSR count). The van der Waals surface area contributed by atoms with E-state index in [2.05, 4.69) is 15.4 Å². The van der Waals surface area contributed by atoms with Crippen molar-refractivity contribution >= 4 is 34.0 Å². The number of aromatic nitrogens is 2. The smallest absolute Gasteiger partial charge is 0.204 e. The van der Waals surface area contributed by atoms with Crippen LogP contribution in [-0.2, 0) is 0 Å². The van der Waals surface area contributed by atoms with Crippen molar-refractivity contribution in [3.8, 4) is 0 Å². The molecule has 0 atom stereocenters. The molecular formula is C10H10N4OS. The number of fused-ring (bicyclic) bond motifs is 1. The highest BCUT2D eigenvalue weighted by Crippen LogP contribution is 2.11. The minimum atomic E-state index is -0.181. The van der Waals surface area contributed by atoms with Crippen LogP contribution >= 0.6 is 12.2 Å². The van der Waals surface area contributed by atoms with E-state index in [4.69, 9.17) is 18.1 Å². The van der Waals surface area contributed by atoms with Gasteiger partial charge < -0.3 is 10.4 Å². The number of H-pyrrole nitrogens is 1. The van der Waals surface area contributed by atoms with Crippen LogP contribution in [0.2, 0.25) is 0 Å². The first-order valence-electron chi connectivity index (χ1n) is 4.68. The molecule has 0 fully saturated rings. The lowest BCUT2D eigenvalue weighted by molar-refractivity contribution is 0.0992. The van der Waals surface area contributed by atoms with Gasteiger partial charge in [0.25, 0.3) is 0 Å². The molecular weight excluding hydrogens is 224 g/mol. The van der Waals surface area contributed by atoms with E-state index >= 15 is 0 Å². The first-order chi connectivity index (χ1) is 7.70. The van der Waals surface area contributed by atoms with Crippen molar-refractivity contribution in [2.45, 2.75) is 6.42 Å². The Kier molecular flexibility index (Phi) is 2.93. The van der Waals surface area contributed by atoms with Gasteiger partial charge in [-0.3, -0.25) is 10.6 Å². The number of nitrogens with one attached hydrogen (secondary N) is 2. The van der Waals surface area contributed by atoms with Crippen LogP contribution in [0.25, 0.3) is 11.0 Å². The fourth-order valence-electron chi connectivity index (χ4n) is 1.37. The monoisotopic (exact) mass is 234 g/mol. The van der Waals surface area contributed by atoms with Gasteiger partial charge in [0.2, 0.25) is 5.78 Å². The maximum absolute atomic E-state index is 11.7. The maximum atomic E-state index is 11.7. The van der Waals surface area contributed by atoms with Gasteiger partial charge in [0.1, 0.15) is 0 Å². The number of thiocarbonyl (C=S) groups is 1. The Bertz CT molecular complexity index is 515.